The molecule has 0 N–H and O–H groups in total. The van der Waals surface area contributed by atoms with Crippen molar-refractivity contribution in [3.63, 3.8) is 0 Å². The van der Waals surface area contributed by atoms with Gasteiger partial charge in [0.1, 0.15) is 0 Å². The Hall–Kier alpha value is -2.90. The van der Waals surface area contributed by atoms with Crippen LogP contribution in [0.4, 0.5) is 18.9 Å². The highest BCUT2D eigenvalue weighted by Crippen LogP contribution is 2.45. The van der Waals surface area contributed by atoms with E-state index in [1.807, 2.05) is 6.07 Å². The number of alkyl halides is 3. The van der Waals surface area contributed by atoms with Crippen molar-refractivity contribution in [2.45, 2.75) is 18.8 Å². The fourth-order valence-corrected chi connectivity index (χ4v) is 2.98. The van der Waals surface area contributed by atoms with E-state index in [1.165, 1.54) is 4.90 Å². The van der Waals surface area contributed by atoms with E-state index >= 15 is 0 Å². The molecule has 0 amide bonds. The van der Waals surface area contributed by atoms with Crippen molar-refractivity contribution in [1.82, 2.24) is 20.2 Å². The van der Waals surface area contributed by atoms with Crippen molar-refractivity contribution < 1.29 is 13.2 Å². The highest BCUT2D eigenvalue weighted by molar-refractivity contribution is 5.66. The molecule has 1 unspecified atom stereocenters. The van der Waals surface area contributed by atoms with Gasteiger partial charge >= 0.3 is 6.18 Å². The molecule has 24 heavy (non-hydrogen) atoms. The molecule has 0 spiro atoms. The fraction of sp³-hybridized carbons (Fsp3) is 0.188. The number of rotatable bonds is 2. The highest BCUT2D eigenvalue weighted by Gasteiger charge is 2.51. The Morgan fingerprint density at radius 3 is 2.29 bits per heavy atom. The van der Waals surface area contributed by atoms with Gasteiger partial charge in [0, 0.05) is 6.54 Å². The summed E-state index contributed by atoms with van der Waals surface area (Å²) in [6.07, 6.45) is -4.51. The van der Waals surface area contributed by atoms with Gasteiger partial charge in [-0.3, -0.25) is 0 Å². The van der Waals surface area contributed by atoms with Crippen LogP contribution in [0, 0.1) is 0 Å². The van der Waals surface area contributed by atoms with Gasteiger partial charge < -0.3 is 4.90 Å². The Balaban J connectivity index is 1.88. The molecule has 4 rings (SSSR count). The lowest BCUT2D eigenvalue weighted by molar-refractivity contribution is -0.153. The molecule has 0 fully saturated rings. The first-order valence-electron chi connectivity index (χ1n) is 7.30. The van der Waals surface area contributed by atoms with Crippen LogP contribution in [-0.2, 0) is 6.54 Å². The zero-order valence-corrected chi connectivity index (χ0v) is 12.4. The Kier molecular flexibility index (Phi) is 3.26. The molecule has 1 aliphatic heterocycles. The molecule has 1 aromatic heterocycles. The first kappa shape index (κ1) is 14.7. The van der Waals surface area contributed by atoms with Crippen LogP contribution >= 0.6 is 0 Å². The Bertz CT molecular complexity index is 859. The lowest BCUT2D eigenvalue weighted by atomic mass is 10.1. The number of tetrazole rings is 1. The van der Waals surface area contributed by atoms with E-state index in [0.29, 0.717) is 11.4 Å². The van der Waals surface area contributed by atoms with Gasteiger partial charge in [-0.2, -0.15) is 17.9 Å². The molecular formula is C16H12F3N5. The number of fused-ring (bicyclic) bond motifs is 3. The van der Waals surface area contributed by atoms with Crippen LogP contribution in [0.15, 0.2) is 54.6 Å². The van der Waals surface area contributed by atoms with Crippen molar-refractivity contribution in [2.24, 2.45) is 0 Å². The van der Waals surface area contributed by atoms with Gasteiger partial charge in [0.15, 0.2) is 11.9 Å². The monoisotopic (exact) mass is 331 g/mol. The molecule has 0 radical (unpaired) electrons. The molecule has 2 heterocycles. The zero-order valence-electron chi connectivity index (χ0n) is 12.4. The van der Waals surface area contributed by atoms with Crippen LogP contribution < -0.4 is 4.90 Å². The van der Waals surface area contributed by atoms with Gasteiger partial charge in [0.25, 0.3) is 0 Å². The molecule has 122 valence electrons. The van der Waals surface area contributed by atoms with Gasteiger partial charge in [-0.25, -0.2) is 0 Å². The summed E-state index contributed by atoms with van der Waals surface area (Å²) in [5, 5.41) is 10.8. The summed E-state index contributed by atoms with van der Waals surface area (Å²) >= 11 is 0. The number of halogens is 3. The first-order valence-corrected chi connectivity index (χ1v) is 7.30. The summed E-state index contributed by atoms with van der Waals surface area (Å²) in [5.74, 6) is -0.225. The molecule has 5 nitrogen and oxygen atoms in total. The third kappa shape index (κ3) is 2.31. The van der Waals surface area contributed by atoms with Crippen LogP contribution in [0.5, 0.6) is 0 Å². The minimum Gasteiger partial charge on any atom is -0.347 e. The molecule has 8 heteroatoms. The second kappa shape index (κ2) is 5.33. The van der Waals surface area contributed by atoms with Crippen molar-refractivity contribution >= 4 is 5.69 Å². The third-order valence-electron chi connectivity index (χ3n) is 3.98. The molecule has 0 bridgehead atoms. The normalized spacial score (nSPS) is 16.6. The lowest BCUT2D eigenvalue weighted by Crippen LogP contribution is -2.43. The summed E-state index contributed by atoms with van der Waals surface area (Å²) in [6.45, 7) is 0.106. The average Bonchev–Trinajstić information content (AvgIpc) is 3.04. The topological polar surface area (TPSA) is 46.8 Å². The van der Waals surface area contributed by atoms with Crippen molar-refractivity contribution in [1.29, 1.82) is 0 Å². The van der Waals surface area contributed by atoms with Gasteiger partial charge in [0.05, 0.1) is 11.4 Å². The van der Waals surface area contributed by atoms with Crippen LogP contribution in [0.1, 0.15) is 17.4 Å². The summed E-state index contributed by atoms with van der Waals surface area (Å²) in [4.78, 5) is 1.30. The number of hydrogen-bond donors (Lipinski definition) is 0. The van der Waals surface area contributed by atoms with E-state index in [1.54, 1.807) is 48.5 Å². The maximum Gasteiger partial charge on any atom is 0.416 e. The summed E-state index contributed by atoms with van der Waals surface area (Å²) in [7, 11) is 0. The molecular weight excluding hydrogens is 319 g/mol. The van der Waals surface area contributed by atoms with E-state index in [9.17, 15) is 13.2 Å². The van der Waals surface area contributed by atoms with E-state index in [2.05, 4.69) is 15.5 Å². The standard InChI is InChI=1S/C16H12F3N5/c17-16(18,19)14-15-20-21-22-24(15)13-9-5-4-8-12(13)23(14)10-11-6-2-1-3-7-11/h1-9,14H,10H2. The van der Waals surface area contributed by atoms with Crippen molar-refractivity contribution in [3.05, 3.63) is 66.0 Å². The molecule has 0 saturated carbocycles. The Morgan fingerprint density at radius 2 is 1.58 bits per heavy atom. The van der Waals surface area contributed by atoms with Gasteiger partial charge in [-0.05, 0) is 28.1 Å². The lowest BCUT2D eigenvalue weighted by Gasteiger charge is -2.38. The summed E-state index contributed by atoms with van der Waals surface area (Å²) in [6, 6.07) is 14.0. The number of nitrogens with zero attached hydrogens (tertiary/aromatic N) is 5. The average molecular weight is 331 g/mol. The smallest absolute Gasteiger partial charge is 0.347 e. The zero-order chi connectivity index (χ0) is 16.7. The highest BCUT2D eigenvalue weighted by atomic mass is 19.4. The SMILES string of the molecule is FC(F)(F)C1c2nnnn2-c2ccccc2N1Cc1ccccc1. The van der Waals surface area contributed by atoms with Gasteiger partial charge in [0.2, 0.25) is 0 Å². The maximum atomic E-state index is 13.8. The van der Waals surface area contributed by atoms with Gasteiger partial charge in [-0.15, -0.1) is 5.10 Å². The number of benzene rings is 2. The first-order chi connectivity index (χ1) is 11.6. The number of para-hydroxylation sites is 2. The molecule has 3 aromatic rings. The predicted octanol–water partition coefficient (Wildman–Crippen LogP) is 3.29. The fourth-order valence-electron chi connectivity index (χ4n) is 2.98. The summed E-state index contributed by atoms with van der Waals surface area (Å²) < 4.78 is 42.5. The quantitative estimate of drug-likeness (QED) is 0.723. The Morgan fingerprint density at radius 1 is 0.917 bits per heavy atom. The van der Waals surface area contributed by atoms with Crippen LogP contribution in [0.2, 0.25) is 0 Å². The number of aromatic nitrogens is 4. The number of hydrogen-bond acceptors (Lipinski definition) is 4. The maximum absolute atomic E-state index is 13.8. The van der Waals surface area contributed by atoms with Crippen LogP contribution in [0.3, 0.4) is 0 Å². The molecule has 0 aliphatic carbocycles. The van der Waals surface area contributed by atoms with Crippen LogP contribution in [0.25, 0.3) is 5.69 Å². The third-order valence-corrected chi connectivity index (χ3v) is 3.98. The molecule has 1 atom stereocenters. The minimum absolute atomic E-state index is 0.106. The van der Waals surface area contributed by atoms with Gasteiger partial charge in [-0.1, -0.05) is 42.5 Å². The molecule has 0 saturated heterocycles. The molecule has 2 aromatic carbocycles. The largest absolute Gasteiger partial charge is 0.416 e. The van der Waals surface area contributed by atoms with E-state index < -0.39 is 12.2 Å². The second-order valence-electron chi connectivity index (χ2n) is 5.50. The van der Waals surface area contributed by atoms with Crippen molar-refractivity contribution in [2.75, 3.05) is 4.90 Å². The van der Waals surface area contributed by atoms with E-state index in [-0.39, 0.29) is 12.4 Å². The van der Waals surface area contributed by atoms with Crippen LogP contribution in [-0.4, -0.2) is 26.4 Å². The number of anilines is 1. The van der Waals surface area contributed by atoms with E-state index in [4.69, 9.17) is 0 Å². The minimum atomic E-state index is -4.51. The summed E-state index contributed by atoms with van der Waals surface area (Å²) in [5.41, 5.74) is 1.76. The Labute approximate surface area is 135 Å². The van der Waals surface area contributed by atoms with Crippen molar-refractivity contribution in [3.8, 4) is 5.69 Å². The van der Waals surface area contributed by atoms with E-state index in [0.717, 1.165) is 10.2 Å². The predicted molar refractivity (Wildman–Crippen MR) is 80.6 cm³/mol. The second-order valence-corrected chi connectivity index (χ2v) is 5.50. The molecule has 1 aliphatic rings.